The van der Waals surface area contributed by atoms with Gasteiger partial charge in [0.25, 0.3) is 0 Å². The third-order valence-electron chi connectivity index (χ3n) is 6.31. The highest BCUT2D eigenvalue weighted by Gasteiger charge is 2.29. The van der Waals surface area contributed by atoms with Crippen LogP contribution in [-0.2, 0) is 4.79 Å². The maximum atomic E-state index is 13.0. The van der Waals surface area contributed by atoms with Crippen molar-refractivity contribution in [2.45, 2.75) is 26.4 Å². The molecule has 3 aromatic rings. The SMILES string of the molecule is CC(=O)C1CCN(c2ncc(-c3ccc4c(c3)OC(C)CN4C(=O)Nc3ccccc3)cn2)C1. The van der Waals surface area contributed by atoms with E-state index in [1.54, 1.807) is 24.2 Å². The molecule has 1 saturated heterocycles. The van der Waals surface area contributed by atoms with Gasteiger partial charge in [0.2, 0.25) is 5.95 Å². The van der Waals surface area contributed by atoms with Crippen LogP contribution in [0.5, 0.6) is 5.75 Å². The molecule has 174 valence electrons. The predicted molar refractivity (Wildman–Crippen MR) is 131 cm³/mol. The minimum absolute atomic E-state index is 0.0603. The highest BCUT2D eigenvalue weighted by atomic mass is 16.5. The van der Waals surface area contributed by atoms with Crippen LogP contribution in [0.3, 0.4) is 0 Å². The number of amides is 2. The molecular formula is C26H27N5O3. The minimum atomic E-state index is -0.197. The topological polar surface area (TPSA) is 87.7 Å². The lowest BCUT2D eigenvalue weighted by Crippen LogP contribution is -2.44. The number of ketones is 1. The molecule has 1 N–H and O–H groups in total. The van der Waals surface area contributed by atoms with E-state index in [2.05, 4.69) is 20.2 Å². The summed E-state index contributed by atoms with van der Waals surface area (Å²) in [6, 6.07) is 15.0. The first-order chi connectivity index (χ1) is 16.5. The van der Waals surface area contributed by atoms with E-state index in [9.17, 15) is 9.59 Å². The first kappa shape index (κ1) is 21.9. The molecular weight excluding hydrogens is 430 g/mol. The Labute approximate surface area is 198 Å². The van der Waals surface area contributed by atoms with Crippen LogP contribution in [-0.4, -0.2) is 47.5 Å². The van der Waals surface area contributed by atoms with E-state index in [0.717, 1.165) is 35.5 Å². The van der Waals surface area contributed by atoms with E-state index < -0.39 is 0 Å². The van der Waals surface area contributed by atoms with E-state index in [1.807, 2.05) is 55.5 Å². The van der Waals surface area contributed by atoms with Gasteiger partial charge in [-0.05, 0) is 50.1 Å². The molecule has 2 aromatic carbocycles. The summed E-state index contributed by atoms with van der Waals surface area (Å²) in [6.45, 7) is 5.50. The van der Waals surface area contributed by atoms with Gasteiger partial charge < -0.3 is 15.0 Å². The molecule has 0 aliphatic carbocycles. The van der Waals surface area contributed by atoms with Crippen molar-refractivity contribution >= 4 is 29.1 Å². The molecule has 2 unspecified atom stereocenters. The number of nitrogens with one attached hydrogen (secondary N) is 1. The number of fused-ring (bicyclic) bond motifs is 1. The molecule has 2 aliphatic rings. The van der Waals surface area contributed by atoms with Gasteiger partial charge in [-0.1, -0.05) is 24.3 Å². The summed E-state index contributed by atoms with van der Waals surface area (Å²) in [5.74, 6) is 1.56. The van der Waals surface area contributed by atoms with Crippen molar-refractivity contribution in [2.75, 3.05) is 34.8 Å². The van der Waals surface area contributed by atoms with Crippen LogP contribution in [0.1, 0.15) is 20.3 Å². The zero-order valence-electron chi connectivity index (χ0n) is 19.3. The van der Waals surface area contributed by atoms with Crippen molar-refractivity contribution in [1.29, 1.82) is 0 Å². The molecule has 8 heteroatoms. The Morgan fingerprint density at radius 2 is 1.79 bits per heavy atom. The van der Waals surface area contributed by atoms with Crippen molar-refractivity contribution in [3.05, 3.63) is 60.9 Å². The Balaban J connectivity index is 1.35. The number of rotatable bonds is 4. The summed E-state index contributed by atoms with van der Waals surface area (Å²) in [5, 5.41) is 2.95. The van der Waals surface area contributed by atoms with Crippen LogP contribution in [0, 0.1) is 5.92 Å². The molecule has 1 aromatic heterocycles. The Bertz CT molecular complexity index is 1200. The van der Waals surface area contributed by atoms with Crippen LogP contribution in [0.4, 0.5) is 22.1 Å². The predicted octanol–water partition coefficient (Wildman–Crippen LogP) is 4.38. The monoisotopic (exact) mass is 457 g/mol. The molecule has 34 heavy (non-hydrogen) atoms. The van der Waals surface area contributed by atoms with Crippen LogP contribution >= 0.6 is 0 Å². The average molecular weight is 458 g/mol. The number of carbonyl (C=O) groups is 2. The Hall–Kier alpha value is -3.94. The van der Waals surface area contributed by atoms with Gasteiger partial charge in [0.05, 0.1) is 12.2 Å². The fourth-order valence-corrected chi connectivity index (χ4v) is 4.43. The zero-order chi connectivity index (χ0) is 23.7. The lowest BCUT2D eigenvalue weighted by Gasteiger charge is -2.33. The average Bonchev–Trinajstić information content (AvgIpc) is 3.35. The largest absolute Gasteiger partial charge is 0.487 e. The lowest BCUT2D eigenvalue weighted by atomic mass is 10.1. The highest BCUT2D eigenvalue weighted by Crippen LogP contribution is 2.37. The molecule has 1 fully saturated rings. The van der Waals surface area contributed by atoms with Gasteiger partial charge in [-0.15, -0.1) is 0 Å². The van der Waals surface area contributed by atoms with Gasteiger partial charge in [-0.25, -0.2) is 14.8 Å². The number of benzene rings is 2. The second kappa shape index (κ2) is 9.13. The number of carbonyl (C=O) groups excluding carboxylic acids is 2. The van der Waals surface area contributed by atoms with Crippen LogP contribution in [0.25, 0.3) is 11.1 Å². The quantitative estimate of drug-likeness (QED) is 0.626. The number of Topliss-reactive ketones (excluding diaryl/α,β-unsaturated/α-hetero) is 1. The molecule has 3 heterocycles. The number of anilines is 3. The first-order valence-electron chi connectivity index (χ1n) is 11.5. The van der Waals surface area contributed by atoms with Crippen LogP contribution in [0.15, 0.2) is 60.9 Å². The highest BCUT2D eigenvalue weighted by molar-refractivity contribution is 6.03. The van der Waals surface area contributed by atoms with E-state index in [1.165, 1.54) is 0 Å². The molecule has 0 bridgehead atoms. The number of hydrogen-bond acceptors (Lipinski definition) is 6. The molecule has 0 spiro atoms. The van der Waals surface area contributed by atoms with Gasteiger partial charge in [-0.2, -0.15) is 0 Å². The third kappa shape index (κ3) is 4.44. The van der Waals surface area contributed by atoms with Crippen LogP contribution in [0.2, 0.25) is 0 Å². The van der Waals surface area contributed by atoms with Crippen molar-refractivity contribution in [3.63, 3.8) is 0 Å². The van der Waals surface area contributed by atoms with Gasteiger partial charge >= 0.3 is 6.03 Å². The Morgan fingerprint density at radius 3 is 2.50 bits per heavy atom. The summed E-state index contributed by atoms with van der Waals surface area (Å²) in [7, 11) is 0. The van der Waals surface area contributed by atoms with Crippen molar-refractivity contribution in [3.8, 4) is 16.9 Å². The van der Waals surface area contributed by atoms with Gasteiger partial charge in [0.1, 0.15) is 17.6 Å². The zero-order valence-corrected chi connectivity index (χ0v) is 19.3. The van der Waals surface area contributed by atoms with E-state index in [4.69, 9.17) is 4.74 Å². The standard InChI is InChI=1S/C26H27N5O3/c1-17-15-31(26(33)29-22-6-4-3-5-7-22)23-9-8-19(12-24(23)34-17)21-13-27-25(28-14-21)30-11-10-20(16-30)18(2)32/h3-9,12-14,17,20H,10-11,15-16H2,1-2H3,(H,29,33). The van der Waals surface area contributed by atoms with E-state index in [0.29, 0.717) is 24.8 Å². The van der Waals surface area contributed by atoms with E-state index >= 15 is 0 Å². The molecule has 5 rings (SSSR count). The summed E-state index contributed by atoms with van der Waals surface area (Å²) < 4.78 is 6.06. The summed E-state index contributed by atoms with van der Waals surface area (Å²) in [6.07, 6.45) is 4.27. The number of urea groups is 1. The van der Waals surface area contributed by atoms with Gasteiger partial charge in [0.15, 0.2) is 0 Å². The number of para-hydroxylation sites is 1. The van der Waals surface area contributed by atoms with Crippen LogP contribution < -0.4 is 19.9 Å². The molecule has 2 aliphatic heterocycles. The van der Waals surface area contributed by atoms with Crippen molar-refractivity contribution in [1.82, 2.24) is 9.97 Å². The van der Waals surface area contributed by atoms with Gasteiger partial charge in [0, 0.05) is 42.7 Å². The fourth-order valence-electron chi connectivity index (χ4n) is 4.43. The smallest absolute Gasteiger partial charge is 0.326 e. The fraction of sp³-hybridized carbons (Fsp3) is 0.308. The maximum absolute atomic E-state index is 13.0. The normalized spacial score (nSPS) is 19.4. The summed E-state index contributed by atoms with van der Waals surface area (Å²) in [4.78, 5) is 37.5. The number of ether oxygens (including phenoxy) is 1. The third-order valence-corrected chi connectivity index (χ3v) is 6.31. The number of aromatic nitrogens is 2. The molecule has 0 radical (unpaired) electrons. The first-order valence-corrected chi connectivity index (χ1v) is 11.5. The number of nitrogens with zero attached hydrogens (tertiary/aromatic N) is 4. The van der Waals surface area contributed by atoms with Gasteiger partial charge in [-0.3, -0.25) is 9.69 Å². The number of hydrogen-bond donors (Lipinski definition) is 1. The molecule has 2 amide bonds. The molecule has 0 saturated carbocycles. The minimum Gasteiger partial charge on any atom is -0.487 e. The molecule has 8 nitrogen and oxygen atoms in total. The Morgan fingerprint density at radius 1 is 1.03 bits per heavy atom. The second-order valence-corrected chi connectivity index (χ2v) is 8.83. The molecule has 2 atom stereocenters. The van der Waals surface area contributed by atoms with Crippen molar-refractivity contribution < 1.29 is 14.3 Å². The summed E-state index contributed by atoms with van der Waals surface area (Å²) >= 11 is 0. The lowest BCUT2D eigenvalue weighted by molar-refractivity contribution is -0.120. The van der Waals surface area contributed by atoms with Crippen molar-refractivity contribution in [2.24, 2.45) is 5.92 Å². The van der Waals surface area contributed by atoms with E-state index in [-0.39, 0.29) is 23.8 Å². The Kier molecular flexibility index (Phi) is 5.88. The maximum Gasteiger partial charge on any atom is 0.326 e. The summed E-state index contributed by atoms with van der Waals surface area (Å²) in [5.41, 5.74) is 3.23. The second-order valence-electron chi connectivity index (χ2n) is 8.83.